The van der Waals surface area contributed by atoms with Crippen molar-refractivity contribution in [2.45, 2.75) is 32.9 Å². The van der Waals surface area contributed by atoms with Gasteiger partial charge in [-0.15, -0.1) is 0 Å². The van der Waals surface area contributed by atoms with E-state index >= 15 is 0 Å². The molecule has 23 heavy (non-hydrogen) atoms. The number of esters is 1. The topological polar surface area (TPSA) is 72.6 Å². The van der Waals surface area contributed by atoms with E-state index in [0.29, 0.717) is 6.54 Å². The third kappa shape index (κ3) is 3.97. The summed E-state index contributed by atoms with van der Waals surface area (Å²) in [6, 6.07) is 6.64. The van der Waals surface area contributed by atoms with Gasteiger partial charge in [0, 0.05) is 24.5 Å². The molecule has 0 aliphatic heterocycles. The van der Waals surface area contributed by atoms with E-state index in [9.17, 15) is 9.59 Å². The molecule has 0 radical (unpaired) electrons. The number of furan rings is 1. The summed E-state index contributed by atoms with van der Waals surface area (Å²) >= 11 is 0. The number of hydrogen-bond acceptors (Lipinski definition) is 5. The van der Waals surface area contributed by atoms with Crippen molar-refractivity contribution in [3.63, 3.8) is 0 Å². The molecule has 0 aromatic carbocycles. The number of aromatic nitrogens is 1. The van der Waals surface area contributed by atoms with Gasteiger partial charge in [0.1, 0.15) is 0 Å². The van der Waals surface area contributed by atoms with Crippen LogP contribution in [0.5, 0.6) is 0 Å². The van der Waals surface area contributed by atoms with E-state index in [0.717, 1.165) is 5.56 Å². The van der Waals surface area contributed by atoms with Gasteiger partial charge in [-0.05, 0) is 44.5 Å². The third-order valence-electron chi connectivity index (χ3n) is 3.32. The van der Waals surface area contributed by atoms with Crippen LogP contribution >= 0.6 is 0 Å². The molecule has 0 aliphatic rings. The Morgan fingerprint density at radius 3 is 2.48 bits per heavy atom. The second-order valence-corrected chi connectivity index (χ2v) is 6.08. The van der Waals surface area contributed by atoms with E-state index < -0.39 is 11.5 Å². The number of nitrogens with zero attached hydrogens (tertiary/aromatic N) is 2. The molecule has 0 unspecified atom stereocenters. The van der Waals surface area contributed by atoms with Crippen LogP contribution in [0, 0.1) is 0 Å². The Labute approximate surface area is 135 Å². The van der Waals surface area contributed by atoms with Crippen LogP contribution in [0.3, 0.4) is 0 Å². The summed E-state index contributed by atoms with van der Waals surface area (Å²) in [4.78, 5) is 30.0. The molecule has 0 fully saturated rings. The summed E-state index contributed by atoms with van der Waals surface area (Å²) in [6.45, 7) is 6.20. The first-order chi connectivity index (χ1) is 10.8. The average Bonchev–Trinajstić information content (AvgIpc) is 3.01. The van der Waals surface area contributed by atoms with Crippen molar-refractivity contribution >= 4 is 11.9 Å². The number of rotatable bonds is 4. The lowest BCUT2D eigenvalue weighted by Crippen LogP contribution is -2.45. The van der Waals surface area contributed by atoms with Crippen LogP contribution < -0.4 is 0 Å². The normalized spacial score (nSPS) is 11.1. The van der Waals surface area contributed by atoms with Gasteiger partial charge in [-0.3, -0.25) is 9.78 Å². The molecule has 0 bridgehead atoms. The van der Waals surface area contributed by atoms with Crippen molar-refractivity contribution in [1.29, 1.82) is 0 Å². The zero-order valence-electron chi connectivity index (χ0n) is 13.7. The number of hydrogen-bond donors (Lipinski definition) is 0. The van der Waals surface area contributed by atoms with Crippen LogP contribution in [-0.4, -0.2) is 34.4 Å². The van der Waals surface area contributed by atoms with E-state index in [1.54, 1.807) is 17.3 Å². The summed E-state index contributed by atoms with van der Waals surface area (Å²) in [7, 11) is 1.26. The first-order valence-corrected chi connectivity index (χ1v) is 7.22. The Hall–Kier alpha value is -2.63. The maximum Gasteiger partial charge on any atom is 0.373 e. The largest absolute Gasteiger partial charge is 0.463 e. The molecule has 0 aliphatic carbocycles. The van der Waals surface area contributed by atoms with Crippen LogP contribution in [-0.2, 0) is 11.3 Å². The Morgan fingerprint density at radius 1 is 1.22 bits per heavy atom. The summed E-state index contributed by atoms with van der Waals surface area (Å²) in [5.74, 6) is -0.801. The molecule has 0 saturated heterocycles. The highest BCUT2D eigenvalue weighted by atomic mass is 16.5. The zero-order valence-corrected chi connectivity index (χ0v) is 13.7. The smallest absolute Gasteiger partial charge is 0.373 e. The third-order valence-corrected chi connectivity index (χ3v) is 3.32. The fourth-order valence-corrected chi connectivity index (χ4v) is 2.08. The summed E-state index contributed by atoms with van der Waals surface area (Å²) in [6.07, 6.45) is 3.40. The Kier molecular flexibility index (Phi) is 4.83. The lowest BCUT2D eigenvalue weighted by Gasteiger charge is -2.35. The van der Waals surface area contributed by atoms with Gasteiger partial charge in [-0.25, -0.2) is 4.79 Å². The van der Waals surface area contributed by atoms with Crippen molar-refractivity contribution in [2.24, 2.45) is 0 Å². The minimum Gasteiger partial charge on any atom is -0.463 e. The fraction of sp³-hybridized carbons (Fsp3) is 0.353. The van der Waals surface area contributed by atoms with Crippen LogP contribution in [0.4, 0.5) is 0 Å². The van der Waals surface area contributed by atoms with Gasteiger partial charge in [0.2, 0.25) is 5.76 Å². The molecule has 2 aromatic rings. The Bertz CT molecular complexity index is 686. The number of amides is 1. The van der Waals surface area contributed by atoms with Gasteiger partial charge < -0.3 is 14.1 Å². The highest BCUT2D eigenvalue weighted by Gasteiger charge is 2.30. The van der Waals surface area contributed by atoms with E-state index in [1.807, 2.05) is 32.9 Å². The van der Waals surface area contributed by atoms with Gasteiger partial charge in [0.15, 0.2) is 5.76 Å². The number of ether oxygens (including phenoxy) is 1. The van der Waals surface area contributed by atoms with Crippen LogP contribution in [0.2, 0.25) is 0 Å². The standard InChI is InChI=1S/C17H20N2O4/c1-17(2,3)19(11-12-6-5-9-18-10-12)15(20)13-7-8-14(23-13)16(21)22-4/h5-10H,11H2,1-4H3. The highest BCUT2D eigenvalue weighted by molar-refractivity contribution is 5.94. The van der Waals surface area contributed by atoms with Crippen molar-refractivity contribution in [1.82, 2.24) is 9.88 Å². The molecule has 0 N–H and O–H groups in total. The lowest BCUT2D eigenvalue weighted by atomic mass is 10.0. The molecular weight excluding hydrogens is 296 g/mol. The summed E-state index contributed by atoms with van der Waals surface area (Å²) < 4.78 is 9.92. The van der Waals surface area contributed by atoms with E-state index in [1.165, 1.54) is 19.2 Å². The maximum atomic E-state index is 12.8. The minimum absolute atomic E-state index is 0.00564. The van der Waals surface area contributed by atoms with Crippen LogP contribution in [0.15, 0.2) is 41.1 Å². The van der Waals surface area contributed by atoms with Gasteiger partial charge in [0.25, 0.3) is 5.91 Å². The lowest BCUT2D eigenvalue weighted by molar-refractivity contribution is 0.0507. The predicted octanol–water partition coefficient (Wildman–Crippen LogP) is 2.90. The molecule has 2 aromatic heterocycles. The van der Waals surface area contributed by atoms with Crippen molar-refractivity contribution in [3.05, 3.63) is 53.7 Å². The SMILES string of the molecule is COC(=O)c1ccc(C(=O)N(Cc2cccnc2)C(C)(C)C)o1. The molecule has 2 rings (SSSR count). The van der Waals surface area contributed by atoms with Gasteiger partial charge in [-0.2, -0.15) is 0 Å². The number of carbonyl (C=O) groups excluding carboxylic acids is 2. The minimum atomic E-state index is -0.612. The quantitative estimate of drug-likeness (QED) is 0.811. The molecular formula is C17H20N2O4. The van der Waals surface area contributed by atoms with Crippen molar-refractivity contribution in [2.75, 3.05) is 7.11 Å². The summed E-state index contributed by atoms with van der Waals surface area (Å²) in [5, 5.41) is 0. The average molecular weight is 316 g/mol. The van der Waals surface area contributed by atoms with E-state index in [4.69, 9.17) is 4.42 Å². The maximum absolute atomic E-state index is 12.8. The molecule has 0 saturated carbocycles. The molecule has 0 spiro atoms. The van der Waals surface area contributed by atoms with Crippen molar-refractivity contribution in [3.8, 4) is 0 Å². The molecule has 122 valence electrons. The molecule has 1 amide bonds. The molecule has 0 atom stereocenters. The monoisotopic (exact) mass is 316 g/mol. The molecule has 2 heterocycles. The number of methoxy groups -OCH3 is 1. The van der Waals surface area contributed by atoms with E-state index in [-0.39, 0.29) is 17.4 Å². The van der Waals surface area contributed by atoms with Crippen LogP contribution in [0.1, 0.15) is 47.4 Å². The van der Waals surface area contributed by atoms with Gasteiger partial charge >= 0.3 is 5.97 Å². The summed E-state index contributed by atoms with van der Waals surface area (Å²) in [5.41, 5.74) is 0.487. The first kappa shape index (κ1) is 16.7. The van der Waals surface area contributed by atoms with Crippen molar-refractivity contribution < 1.29 is 18.7 Å². The van der Waals surface area contributed by atoms with Gasteiger partial charge in [0.05, 0.1) is 7.11 Å². The van der Waals surface area contributed by atoms with Gasteiger partial charge in [-0.1, -0.05) is 6.07 Å². The Morgan fingerprint density at radius 2 is 1.91 bits per heavy atom. The number of carbonyl (C=O) groups is 2. The first-order valence-electron chi connectivity index (χ1n) is 7.22. The molecule has 6 heteroatoms. The van der Waals surface area contributed by atoms with E-state index in [2.05, 4.69) is 9.72 Å². The predicted molar refractivity (Wildman–Crippen MR) is 83.9 cm³/mol. The van der Waals surface area contributed by atoms with Crippen LogP contribution in [0.25, 0.3) is 0 Å². The Balaban J connectivity index is 2.27. The second-order valence-electron chi connectivity index (χ2n) is 6.08. The highest BCUT2D eigenvalue weighted by Crippen LogP contribution is 2.21. The second kappa shape index (κ2) is 6.64. The molecule has 6 nitrogen and oxygen atoms in total. The number of pyridine rings is 1. The fourth-order valence-electron chi connectivity index (χ4n) is 2.08. The zero-order chi connectivity index (χ0) is 17.0.